The lowest BCUT2D eigenvalue weighted by atomic mass is 9.69. The molecule has 0 N–H and O–H groups in total. The van der Waals surface area contributed by atoms with Crippen molar-refractivity contribution in [3.05, 3.63) is 283 Å². The third-order valence-corrected chi connectivity index (χ3v) is 24.4. The van der Waals surface area contributed by atoms with Crippen LogP contribution in [0.3, 0.4) is 0 Å². The molecule has 105 heavy (non-hydrogen) atoms. The van der Waals surface area contributed by atoms with E-state index in [1.165, 1.54) is 281 Å². The molecule has 13 rings (SSSR count). The molecule has 0 saturated heterocycles. The molecule has 540 valence electrons. The van der Waals surface area contributed by atoms with Crippen LogP contribution in [0.15, 0.2) is 255 Å². The van der Waals surface area contributed by atoms with E-state index in [4.69, 9.17) is 0 Å². The summed E-state index contributed by atoms with van der Waals surface area (Å²) in [6.45, 7) is 14.1. The Kier molecular flexibility index (Phi) is 25.9. The first-order valence-electron chi connectivity index (χ1n) is 41.8. The quantitative estimate of drug-likeness (QED) is 0.0347. The van der Waals surface area contributed by atoms with E-state index in [0.717, 1.165) is 17.1 Å². The van der Waals surface area contributed by atoms with Gasteiger partial charge in [0.2, 0.25) is 0 Å². The van der Waals surface area contributed by atoms with Crippen LogP contribution in [-0.2, 0) is 10.8 Å². The van der Waals surface area contributed by atoms with Crippen LogP contribution < -0.4 is 4.90 Å². The van der Waals surface area contributed by atoms with Crippen LogP contribution >= 0.6 is 0 Å². The summed E-state index contributed by atoms with van der Waals surface area (Å²) in [5.41, 5.74) is 32.3. The minimum atomic E-state index is -0.0364. The highest BCUT2D eigenvalue weighted by atomic mass is 15.1. The van der Waals surface area contributed by atoms with E-state index in [9.17, 15) is 0 Å². The molecule has 1 nitrogen and oxygen atoms in total. The number of hydrogen-bond acceptors (Lipinski definition) is 1. The smallest absolute Gasteiger partial charge is 0.0462 e. The van der Waals surface area contributed by atoms with E-state index >= 15 is 0 Å². The average molecular weight is 1380 g/mol. The third kappa shape index (κ3) is 17.2. The van der Waals surface area contributed by atoms with Crippen molar-refractivity contribution < 1.29 is 0 Å². The van der Waals surface area contributed by atoms with Gasteiger partial charge >= 0.3 is 0 Å². The second kappa shape index (κ2) is 36.5. The Morgan fingerprint density at radius 2 is 0.467 bits per heavy atom. The third-order valence-electron chi connectivity index (χ3n) is 24.4. The molecule has 1 heteroatoms. The maximum atomic E-state index is 2.66. The van der Waals surface area contributed by atoms with E-state index in [-0.39, 0.29) is 10.8 Å². The molecule has 1 atom stereocenters. The van der Waals surface area contributed by atoms with Gasteiger partial charge in [-0.2, -0.15) is 0 Å². The standard InChI is InChI=1S/C104H119N/c1-7-12-16-20-24-34-70-103(71-35-25-21-17-13-8-2)99-74-88(78(6)11-5)58-66-95(99)96-67-59-89(75-100(96)103)86-50-44-81(45-51-86)83-54-62-93(63-55-83)105(92-40-32-29-33-41-92)94-64-56-84(57-65-94)82-46-52-87(53-47-82)91-61-69-98-97-68-60-90(85-48-42-80(43-49-85)79-38-30-28-31-39-79)76-101(97)104(102(98)77-91,72-36-26-22-18-14-9-3)73-37-27-23-19-15-10-4/h28-33,38-69,74-78H,7-27,34-37,70-73H2,1-6H3. The van der Waals surface area contributed by atoms with Crippen molar-refractivity contribution in [1.82, 2.24) is 0 Å². The molecule has 0 aliphatic heterocycles. The highest BCUT2D eigenvalue weighted by Crippen LogP contribution is 2.58. The maximum Gasteiger partial charge on any atom is 0.0462 e. The molecular weight excluding hydrogens is 1260 g/mol. The lowest BCUT2D eigenvalue weighted by Gasteiger charge is -2.34. The van der Waals surface area contributed by atoms with E-state index in [1.54, 1.807) is 22.3 Å². The summed E-state index contributed by atoms with van der Waals surface area (Å²) in [6.07, 6.45) is 37.6. The Morgan fingerprint density at radius 3 is 0.781 bits per heavy atom. The zero-order valence-electron chi connectivity index (χ0n) is 64.8. The fourth-order valence-electron chi connectivity index (χ4n) is 18.1. The Balaban J connectivity index is 0.742. The lowest BCUT2D eigenvalue weighted by molar-refractivity contribution is 0.397. The topological polar surface area (TPSA) is 3.24 Å². The van der Waals surface area contributed by atoms with Gasteiger partial charge in [-0.1, -0.05) is 396 Å². The number of unbranched alkanes of at least 4 members (excludes halogenated alkanes) is 20. The van der Waals surface area contributed by atoms with Crippen molar-refractivity contribution in [2.24, 2.45) is 0 Å². The summed E-state index contributed by atoms with van der Waals surface area (Å²) in [4.78, 5) is 2.39. The molecule has 11 aromatic rings. The van der Waals surface area contributed by atoms with Crippen molar-refractivity contribution in [3.8, 4) is 89.0 Å². The van der Waals surface area contributed by atoms with Gasteiger partial charge in [0, 0.05) is 27.9 Å². The van der Waals surface area contributed by atoms with Crippen LogP contribution in [-0.4, -0.2) is 0 Å². The molecule has 0 spiro atoms. The summed E-state index contributed by atoms with van der Waals surface area (Å²) in [5, 5.41) is 0. The SMILES string of the molecule is CCCCCCCCC1(CCCCCCCC)c2cc(-c3ccc(-c4ccccc4)cc3)ccc2-c2ccc(-c3ccc(-c4ccc(N(c5ccccc5)c5ccc(-c6ccc(-c7ccc8c(c7)C(CCCCCCCC)(CCCCCCCC)c7cc(C(C)CC)ccc7-8)cc6)cc5)cc4)cc3)cc21. The Bertz CT molecular complexity index is 4460. The van der Waals surface area contributed by atoms with E-state index in [0.29, 0.717) is 5.92 Å². The van der Waals surface area contributed by atoms with Gasteiger partial charge in [0.1, 0.15) is 0 Å². The minimum absolute atomic E-state index is 0.0364. The van der Waals surface area contributed by atoms with Crippen molar-refractivity contribution in [3.63, 3.8) is 0 Å². The molecule has 11 aromatic carbocycles. The molecular formula is C104H119N. The molecule has 1 unspecified atom stereocenters. The van der Waals surface area contributed by atoms with Gasteiger partial charge in [0.15, 0.2) is 0 Å². The van der Waals surface area contributed by atoms with Crippen LogP contribution in [0.25, 0.3) is 89.0 Å². The van der Waals surface area contributed by atoms with E-state index < -0.39 is 0 Å². The molecule has 0 saturated carbocycles. The molecule has 0 bridgehead atoms. The van der Waals surface area contributed by atoms with Crippen LogP contribution in [0.4, 0.5) is 17.1 Å². The predicted molar refractivity (Wildman–Crippen MR) is 457 cm³/mol. The number of rotatable bonds is 39. The lowest BCUT2D eigenvalue weighted by Crippen LogP contribution is -2.26. The molecule has 0 amide bonds. The van der Waals surface area contributed by atoms with Gasteiger partial charge in [-0.25, -0.2) is 0 Å². The summed E-state index contributed by atoms with van der Waals surface area (Å²) >= 11 is 0. The van der Waals surface area contributed by atoms with Gasteiger partial charge < -0.3 is 4.90 Å². The molecule has 0 aromatic heterocycles. The number of para-hydroxylation sites is 1. The summed E-state index contributed by atoms with van der Waals surface area (Å²) in [6, 6.07) is 98.4. The second-order valence-electron chi connectivity index (χ2n) is 31.5. The number of anilines is 3. The fraction of sp³-hybridized carbons (Fsp3) is 0.365. The van der Waals surface area contributed by atoms with E-state index in [2.05, 4.69) is 301 Å². The predicted octanol–water partition coefficient (Wildman–Crippen LogP) is 32.2. The monoisotopic (exact) mass is 1380 g/mol. The number of nitrogens with zero attached hydrogens (tertiary/aromatic N) is 1. The van der Waals surface area contributed by atoms with Gasteiger partial charge in [0.25, 0.3) is 0 Å². The Hall–Kier alpha value is -8.78. The molecule has 2 aliphatic rings. The van der Waals surface area contributed by atoms with Crippen molar-refractivity contribution >= 4 is 17.1 Å². The zero-order chi connectivity index (χ0) is 72.2. The minimum Gasteiger partial charge on any atom is -0.311 e. The van der Waals surface area contributed by atoms with Crippen LogP contribution in [0, 0.1) is 0 Å². The van der Waals surface area contributed by atoms with Crippen molar-refractivity contribution in [1.29, 1.82) is 0 Å². The first-order valence-corrected chi connectivity index (χ1v) is 41.8. The molecule has 0 fully saturated rings. The fourth-order valence-corrected chi connectivity index (χ4v) is 18.1. The average Bonchev–Trinajstić information content (AvgIpc) is 1.57. The normalized spacial score (nSPS) is 13.3. The van der Waals surface area contributed by atoms with Crippen molar-refractivity contribution in [2.75, 3.05) is 4.90 Å². The summed E-state index contributed by atoms with van der Waals surface area (Å²) in [7, 11) is 0. The Labute approximate surface area is 634 Å². The molecule has 0 radical (unpaired) electrons. The highest BCUT2D eigenvalue weighted by Gasteiger charge is 2.44. The number of hydrogen-bond donors (Lipinski definition) is 0. The largest absolute Gasteiger partial charge is 0.311 e. The number of benzene rings is 11. The van der Waals surface area contributed by atoms with Gasteiger partial charge in [0.05, 0.1) is 0 Å². The summed E-state index contributed by atoms with van der Waals surface area (Å²) in [5.74, 6) is 0.555. The first kappa shape index (κ1) is 74.5. The van der Waals surface area contributed by atoms with Gasteiger partial charge in [-0.3, -0.25) is 0 Å². The first-order chi connectivity index (χ1) is 51.8. The number of fused-ring (bicyclic) bond motifs is 6. The maximum absolute atomic E-state index is 2.66. The zero-order valence-corrected chi connectivity index (χ0v) is 64.8. The van der Waals surface area contributed by atoms with Gasteiger partial charge in [-0.15, -0.1) is 0 Å². The van der Waals surface area contributed by atoms with Crippen molar-refractivity contribution in [2.45, 2.75) is 244 Å². The van der Waals surface area contributed by atoms with Crippen LogP contribution in [0.1, 0.15) is 261 Å². The second-order valence-corrected chi connectivity index (χ2v) is 31.5. The summed E-state index contributed by atoms with van der Waals surface area (Å²) < 4.78 is 0. The Morgan fingerprint density at radius 1 is 0.229 bits per heavy atom. The molecule has 2 aliphatic carbocycles. The highest BCUT2D eigenvalue weighted by molar-refractivity contribution is 5.88. The van der Waals surface area contributed by atoms with E-state index in [1.807, 2.05) is 0 Å². The van der Waals surface area contributed by atoms with Crippen LogP contribution in [0.2, 0.25) is 0 Å². The van der Waals surface area contributed by atoms with Gasteiger partial charge in [-0.05, 0) is 209 Å². The molecule has 0 heterocycles. The van der Waals surface area contributed by atoms with Crippen LogP contribution in [0.5, 0.6) is 0 Å².